The summed E-state index contributed by atoms with van der Waals surface area (Å²) in [6.07, 6.45) is 0. The molecule has 1 heterocycles. The van der Waals surface area contributed by atoms with Gasteiger partial charge in [-0.1, -0.05) is 18.5 Å². The Labute approximate surface area is 110 Å². The summed E-state index contributed by atoms with van der Waals surface area (Å²) in [4.78, 5) is 0.220. The van der Waals surface area contributed by atoms with Crippen LogP contribution in [0.5, 0.6) is 0 Å². The lowest BCUT2D eigenvalue weighted by molar-refractivity contribution is 0.597. The van der Waals surface area contributed by atoms with Gasteiger partial charge in [0.2, 0.25) is 0 Å². The quantitative estimate of drug-likeness (QED) is 0.904. The fraction of sp³-hybridized carbons (Fsp3) is 0.182. The Morgan fingerprint density at radius 2 is 2.11 bits per heavy atom. The predicted molar refractivity (Wildman–Crippen MR) is 71.2 cm³/mol. The molecule has 2 aromatic rings. The first-order valence-electron chi connectivity index (χ1n) is 5.27. The summed E-state index contributed by atoms with van der Waals surface area (Å²) in [7, 11) is -3.33. The summed E-state index contributed by atoms with van der Waals surface area (Å²) in [6, 6.07) is 6.19. The van der Waals surface area contributed by atoms with Crippen LogP contribution in [0.25, 0.3) is 11.3 Å². The van der Waals surface area contributed by atoms with E-state index in [1.165, 1.54) is 6.07 Å². The number of benzene rings is 1. The first-order valence-corrected chi connectivity index (χ1v) is 7.30. The summed E-state index contributed by atoms with van der Waals surface area (Å²) in [5.74, 6) is 0.315. The zero-order chi connectivity index (χ0) is 13.3. The number of nitrogens with two attached hydrogens (primary N) is 1. The molecule has 0 radical (unpaired) electrons. The smallest absolute Gasteiger partial charge is 0.178 e. The second kappa shape index (κ2) is 4.62. The SMILES string of the molecule is CCS(=O)(=O)c1ccc(Cl)cc1-c1cc(N)n[nH]1. The van der Waals surface area contributed by atoms with Gasteiger partial charge in [-0.3, -0.25) is 5.10 Å². The first-order chi connectivity index (χ1) is 8.44. The Morgan fingerprint density at radius 3 is 2.67 bits per heavy atom. The van der Waals surface area contributed by atoms with Crippen molar-refractivity contribution < 1.29 is 8.42 Å². The molecule has 1 aromatic carbocycles. The van der Waals surface area contributed by atoms with Crippen LogP contribution in [0.2, 0.25) is 5.02 Å². The van der Waals surface area contributed by atoms with Crippen LogP contribution in [0.4, 0.5) is 5.82 Å². The molecule has 0 spiro atoms. The van der Waals surface area contributed by atoms with Gasteiger partial charge < -0.3 is 5.73 Å². The van der Waals surface area contributed by atoms with Gasteiger partial charge in [-0.25, -0.2) is 8.42 Å². The van der Waals surface area contributed by atoms with E-state index in [4.69, 9.17) is 17.3 Å². The van der Waals surface area contributed by atoms with Crippen LogP contribution in [0.3, 0.4) is 0 Å². The van der Waals surface area contributed by atoms with Gasteiger partial charge in [0, 0.05) is 16.7 Å². The van der Waals surface area contributed by atoms with Gasteiger partial charge in [-0.15, -0.1) is 0 Å². The Morgan fingerprint density at radius 1 is 1.39 bits per heavy atom. The van der Waals surface area contributed by atoms with E-state index in [-0.39, 0.29) is 10.6 Å². The number of aromatic amines is 1. The molecule has 0 bridgehead atoms. The van der Waals surface area contributed by atoms with E-state index in [0.717, 1.165) is 0 Å². The van der Waals surface area contributed by atoms with Crippen LogP contribution < -0.4 is 5.73 Å². The van der Waals surface area contributed by atoms with E-state index in [9.17, 15) is 8.42 Å². The maximum Gasteiger partial charge on any atom is 0.178 e. The van der Waals surface area contributed by atoms with Gasteiger partial charge >= 0.3 is 0 Å². The maximum atomic E-state index is 12.0. The molecule has 18 heavy (non-hydrogen) atoms. The van der Waals surface area contributed by atoms with Crippen molar-refractivity contribution in [3.63, 3.8) is 0 Å². The van der Waals surface area contributed by atoms with Crippen molar-refractivity contribution in [3.05, 3.63) is 29.3 Å². The number of halogens is 1. The second-order valence-electron chi connectivity index (χ2n) is 3.75. The summed E-state index contributed by atoms with van der Waals surface area (Å²) in [5, 5.41) is 6.93. The molecule has 0 aliphatic carbocycles. The van der Waals surface area contributed by atoms with Gasteiger partial charge in [-0.05, 0) is 18.2 Å². The number of hydrogen-bond acceptors (Lipinski definition) is 4. The molecule has 0 aliphatic rings. The molecule has 0 fully saturated rings. The third-order valence-electron chi connectivity index (χ3n) is 2.54. The van der Waals surface area contributed by atoms with E-state index in [1.54, 1.807) is 25.1 Å². The predicted octanol–water partition coefficient (Wildman–Crippen LogP) is 2.11. The van der Waals surface area contributed by atoms with Gasteiger partial charge in [0.05, 0.1) is 16.3 Å². The average Bonchev–Trinajstić information content (AvgIpc) is 2.75. The molecule has 2 rings (SSSR count). The van der Waals surface area contributed by atoms with Crippen molar-refractivity contribution in [1.29, 1.82) is 0 Å². The number of sulfone groups is 1. The fourth-order valence-electron chi connectivity index (χ4n) is 1.61. The van der Waals surface area contributed by atoms with Gasteiger partial charge in [0.1, 0.15) is 5.82 Å². The van der Waals surface area contributed by atoms with Crippen LogP contribution in [0, 0.1) is 0 Å². The van der Waals surface area contributed by atoms with E-state index in [2.05, 4.69) is 10.2 Å². The zero-order valence-electron chi connectivity index (χ0n) is 9.64. The van der Waals surface area contributed by atoms with E-state index in [1.807, 2.05) is 0 Å². The van der Waals surface area contributed by atoms with E-state index >= 15 is 0 Å². The third-order valence-corrected chi connectivity index (χ3v) is 4.57. The Bertz CT molecular complexity index is 679. The first kappa shape index (κ1) is 12.9. The molecule has 7 heteroatoms. The molecule has 0 saturated carbocycles. The van der Waals surface area contributed by atoms with Crippen LogP contribution in [-0.2, 0) is 9.84 Å². The number of anilines is 1. The number of nitrogen functional groups attached to an aromatic ring is 1. The summed E-state index contributed by atoms with van der Waals surface area (Å²) in [6.45, 7) is 1.59. The lowest BCUT2D eigenvalue weighted by Crippen LogP contribution is -2.05. The highest BCUT2D eigenvalue weighted by Gasteiger charge is 2.19. The van der Waals surface area contributed by atoms with E-state index < -0.39 is 9.84 Å². The molecule has 0 unspecified atom stereocenters. The normalized spacial score (nSPS) is 11.7. The monoisotopic (exact) mass is 285 g/mol. The van der Waals surface area contributed by atoms with Crippen molar-refractivity contribution in [3.8, 4) is 11.3 Å². The second-order valence-corrected chi connectivity index (χ2v) is 6.43. The molecule has 5 nitrogen and oxygen atoms in total. The van der Waals surface area contributed by atoms with Crippen LogP contribution in [-0.4, -0.2) is 24.4 Å². The van der Waals surface area contributed by atoms with Crippen molar-refractivity contribution in [2.45, 2.75) is 11.8 Å². The molecule has 0 atom stereocenters. The highest BCUT2D eigenvalue weighted by atomic mass is 35.5. The number of aromatic nitrogens is 2. The molecule has 1 aromatic heterocycles. The lowest BCUT2D eigenvalue weighted by Gasteiger charge is -2.08. The molecule has 0 saturated heterocycles. The van der Waals surface area contributed by atoms with Crippen molar-refractivity contribution in [2.24, 2.45) is 0 Å². The summed E-state index contributed by atoms with van der Waals surface area (Å²) < 4.78 is 24.0. The molecule has 3 N–H and O–H groups in total. The largest absolute Gasteiger partial charge is 0.382 e. The minimum Gasteiger partial charge on any atom is -0.382 e. The minimum absolute atomic E-state index is 0.0191. The zero-order valence-corrected chi connectivity index (χ0v) is 11.2. The number of rotatable bonds is 3. The lowest BCUT2D eigenvalue weighted by atomic mass is 10.1. The van der Waals surface area contributed by atoms with Gasteiger partial charge in [-0.2, -0.15) is 5.10 Å². The van der Waals surface area contributed by atoms with Crippen LogP contribution >= 0.6 is 11.6 Å². The summed E-state index contributed by atoms with van der Waals surface area (Å²) >= 11 is 5.91. The third kappa shape index (κ3) is 2.34. The molecule has 0 aliphatic heterocycles. The van der Waals surface area contributed by atoms with Gasteiger partial charge in [0.15, 0.2) is 9.84 Å². The maximum absolute atomic E-state index is 12.0. The summed E-state index contributed by atoms with van der Waals surface area (Å²) in [5.41, 5.74) is 6.53. The van der Waals surface area contributed by atoms with Crippen LogP contribution in [0.1, 0.15) is 6.92 Å². The fourth-order valence-corrected chi connectivity index (χ4v) is 2.88. The minimum atomic E-state index is -3.33. The van der Waals surface area contributed by atoms with Crippen molar-refractivity contribution in [1.82, 2.24) is 10.2 Å². The van der Waals surface area contributed by atoms with Crippen molar-refractivity contribution >= 4 is 27.3 Å². The molecular weight excluding hydrogens is 274 g/mol. The standard InChI is InChI=1S/C11H12ClN3O2S/c1-2-18(16,17)10-4-3-7(12)5-8(10)9-6-11(13)15-14-9/h3-6H,2H2,1H3,(H3,13,14,15). The number of nitrogens with zero attached hydrogens (tertiary/aromatic N) is 1. The molecule has 0 amide bonds. The van der Waals surface area contributed by atoms with Gasteiger partial charge in [0.25, 0.3) is 0 Å². The molecule has 96 valence electrons. The number of H-pyrrole nitrogens is 1. The van der Waals surface area contributed by atoms with Crippen LogP contribution in [0.15, 0.2) is 29.2 Å². The number of hydrogen-bond donors (Lipinski definition) is 2. The van der Waals surface area contributed by atoms with E-state index in [0.29, 0.717) is 22.1 Å². The Balaban J connectivity index is 2.69. The molecular formula is C11H12ClN3O2S. The van der Waals surface area contributed by atoms with Crippen molar-refractivity contribution in [2.75, 3.05) is 11.5 Å². The Hall–Kier alpha value is -1.53. The highest BCUT2D eigenvalue weighted by Crippen LogP contribution is 2.30. The topological polar surface area (TPSA) is 88.8 Å². The average molecular weight is 286 g/mol. The Kier molecular flexibility index (Phi) is 3.32. The highest BCUT2D eigenvalue weighted by molar-refractivity contribution is 7.91. The number of nitrogens with one attached hydrogen (secondary N) is 1.